The van der Waals surface area contributed by atoms with Gasteiger partial charge in [-0.25, -0.2) is 0 Å². The van der Waals surface area contributed by atoms with E-state index in [0.717, 1.165) is 18.4 Å². The van der Waals surface area contributed by atoms with Crippen LogP contribution in [0, 0.1) is 11.8 Å². The Balaban J connectivity index is 1.66. The first-order chi connectivity index (χ1) is 7.22. The van der Waals surface area contributed by atoms with Gasteiger partial charge in [-0.05, 0) is 38.1 Å². The van der Waals surface area contributed by atoms with Gasteiger partial charge in [0, 0.05) is 12.1 Å². The molecule has 2 heteroatoms. The van der Waals surface area contributed by atoms with E-state index in [0.29, 0.717) is 0 Å². The molecule has 3 N–H and O–H groups in total. The molecule has 0 radical (unpaired) electrons. The lowest BCUT2D eigenvalue weighted by Crippen LogP contribution is -2.50. The van der Waals surface area contributed by atoms with E-state index in [1.807, 2.05) is 0 Å². The standard InChI is InChI=1S/C13H26N2/c1-13(10-14,9-12-3-2-4-12)15-8-7-11-5-6-11/h11-12,15H,2-10,14H2,1H3. The van der Waals surface area contributed by atoms with Gasteiger partial charge in [-0.1, -0.05) is 32.1 Å². The Morgan fingerprint density at radius 1 is 1.20 bits per heavy atom. The van der Waals surface area contributed by atoms with Gasteiger partial charge < -0.3 is 11.1 Å². The highest BCUT2D eigenvalue weighted by molar-refractivity contribution is 4.89. The number of hydrogen-bond donors (Lipinski definition) is 2. The molecule has 0 heterocycles. The third-order valence-corrected chi connectivity index (χ3v) is 4.22. The maximum atomic E-state index is 5.90. The normalized spacial score (nSPS) is 26.0. The summed E-state index contributed by atoms with van der Waals surface area (Å²) in [5.41, 5.74) is 6.11. The molecular formula is C13H26N2. The summed E-state index contributed by atoms with van der Waals surface area (Å²) in [6.07, 6.45) is 9.87. The van der Waals surface area contributed by atoms with Gasteiger partial charge in [0.25, 0.3) is 0 Å². The third kappa shape index (κ3) is 3.46. The van der Waals surface area contributed by atoms with E-state index < -0.39 is 0 Å². The van der Waals surface area contributed by atoms with Crippen LogP contribution in [0.1, 0.15) is 51.9 Å². The maximum absolute atomic E-state index is 5.90. The second kappa shape index (κ2) is 4.84. The molecule has 0 spiro atoms. The Bertz CT molecular complexity index is 197. The van der Waals surface area contributed by atoms with Gasteiger partial charge in [0.2, 0.25) is 0 Å². The van der Waals surface area contributed by atoms with Gasteiger partial charge >= 0.3 is 0 Å². The Labute approximate surface area is 94.0 Å². The molecule has 2 aliphatic rings. The summed E-state index contributed by atoms with van der Waals surface area (Å²) in [6.45, 7) is 4.26. The fourth-order valence-electron chi connectivity index (χ4n) is 2.55. The van der Waals surface area contributed by atoms with E-state index in [4.69, 9.17) is 5.73 Å². The van der Waals surface area contributed by atoms with Crippen molar-refractivity contribution in [2.45, 2.75) is 57.4 Å². The van der Waals surface area contributed by atoms with Crippen LogP contribution in [0.25, 0.3) is 0 Å². The molecule has 1 unspecified atom stereocenters. The van der Waals surface area contributed by atoms with E-state index in [9.17, 15) is 0 Å². The summed E-state index contributed by atoms with van der Waals surface area (Å²) in [5, 5.41) is 3.69. The summed E-state index contributed by atoms with van der Waals surface area (Å²) in [4.78, 5) is 0. The average molecular weight is 210 g/mol. The highest BCUT2D eigenvalue weighted by atomic mass is 15.0. The van der Waals surface area contributed by atoms with Crippen molar-refractivity contribution >= 4 is 0 Å². The zero-order valence-electron chi connectivity index (χ0n) is 10.1. The third-order valence-electron chi connectivity index (χ3n) is 4.22. The summed E-state index contributed by atoms with van der Waals surface area (Å²) in [7, 11) is 0. The molecule has 0 aromatic carbocycles. The van der Waals surface area contributed by atoms with Crippen molar-refractivity contribution in [1.82, 2.24) is 5.32 Å². The fraction of sp³-hybridized carbons (Fsp3) is 1.00. The zero-order chi connectivity index (χ0) is 10.7. The topological polar surface area (TPSA) is 38.0 Å². The minimum absolute atomic E-state index is 0.208. The van der Waals surface area contributed by atoms with Gasteiger partial charge in [0.05, 0.1) is 0 Å². The van der Waals surface area contributed by atoms with Crippen LogP contribution >= 0.6 is 0 Å². The lowest BCUT2D eigenvalue weighted by molar-refractivity contribution is 0.207. The van der Waals surface area contributed by atoms with Crippen LogP contribution in [-0.4, -0.2) is 18.6 Å². The first-order valence-corrected chi connectivity index (χ1v) is 6.67. The quantitative estimate of drug-likeness (QED) is 0.676. The first-order valence-electron chi connectivity index (χ1n) is 6.67. The van der Waals surface area contributed by atoms with Gasteiger partial charge in [-0.3, -0.25) is 0 Å². The van der Waals surface area contributed by atoms with E-state index in [-0.39, 0.29) is 5.54 Å². The molecule has 2 fully saturated rings. The van der Waals surface area contributed by atoms with Crippen molar-refractivity contribution in [2.24, 2.45) is 17.6 Å². The van der Waals surface area contributed by atoms with Gasteiger partial charge in [-0.15, -0.1) is 0 Å². The highest BCUT2D eigenvalue weighted by Gasteiger charge is 2.30. The molecule has 0 aromatic heterocycles. The maximum Gasteiger partial charge on any atom is 0.0278 e. The van der Waals surface area contributed by atoms with E-state index in [1.54, 1.807) is 0 Å². The van der Waals surface area contributed by atoms with Crippen LogP contribution < -0.4 is 11.1 Å². The van der Waals surface area contributed by atoms with Gasteiger partial charge in [-0.2, -0.15) is 0 Å². The Hall–Kier alpha value is -0.0800. The van der Waals surface area contributed by atoms with E-state index in [2.05, 4.69) is 12.2 Å². The van der Waals surface area contributed by atoms with Crippen molar-refractivity contribution in [1.29, 1.82) is 0 Å². The number of nitrogens with two attached hydrogens (primary N) is 1. The monoisotopic (exact) mass is 210 g/mol. The van der Waals surface area contributed by atoms with Crippen LogP contribution in [0.2, 0.25) is 0 Å². The molecule has 2 aliphatic carbocycles. The summed E-state index contributed by atoms with van der Waals surface area (Å²) in [5.74, 6) is 1.98. The minimum atomic E-state index is 0.208. The summed E-state index contributed by atoms with van der Waals surface area (Å²) in [6, 6.07) is 0. The second-order valence-corrected chi connectivity index (χ2v) is 5.92. The Morgan fingerprint density at radius 2 is 1.93 bits per heavy atom. The first kappa shape index (κ1) is 11.4. The Morgan fingerprint density at radius 3 is 2.40 bits per heavy atom. The smallest absolute Gasteiger partial charge is 0.0278 e. The van der Waals surface area contributed by atoms with Crippen LogP contribution in [0.5, 0.6) is 0 Å². The van der Waals surface area contributed by atoms with Crippen molar-refractivity contribution in [3.8, 4) is 0 Å². The van der Waals surface area contributed by atoms with Crippen LogP contribution in [0.4, 0.5) is 0 Å². The van der Waals surface area contributed by atoms with Gasteiger partial charge in [0.15, 0.2) is 0 Å². The van der Waals surface area contributed by atoms with E-state index >= 15 is 0 Å². The molecule has 0 bridgehead atoms. The molecule has 15 heavy (non-hydrogen) atoms. The molecule has 0 aliphatic heterocycles. The zero-order valence-corrected chi connectivity index (χ0v) is 10.1. The molecule has 2 nitrogen and oxygen atoms in total. The van der Waals surface area contributed by atoms with Crippen molar-refractivity contribution < 1.29 is 0 Å². The molecule has 1 atom stereocenters. The van der Waals surface area contributed by atoms with Crippen molar-refractivity contribution in [2.75, 3.05) is 13.1 Å². The largest absolute Gasteiger partial charge is 0.329 e. The van der Waals surface area contributed by atoms with Crippen LogP contribution in [0.15, 0.2) is 0 Å². The van der Waals surface area contributed by atoms with Crippen molar-refractivity contribution in [3.63, 3.8) is 0 Å². The number of nitrogens with one attached hydrogen (secondary N) is 1. The average Bonchev–Trinajstić information content (AvgIpc) is 2.96. The predicted molar refractivity (Wildman–Crippen MR) is 64.8 cm³/mol. The van der Waals surface area contributed by atoms with Gasteiger partial charge in [0.1, 0.15) is 0 Å². The van der Waals surface area contributed by atoms with Crippen LogP contribution in [-0.2, 0) is 0 Å². The fourth-order valence-corrected chi connectivity index (χ4v) is 2.55. The molecule has 0 amide bonds. The summed E-state index contributed by atoms with van der Waals surface area (Å²) >= 11 is 0. The predicted octanol–water partition coefficient (Wildman–Crippen LogP) is 2.28. The lowest BCUT2D eigenvalue weighted by atomic mass is 9.76. The van der Waals surface area contributed by atoms with Crippen LogP contribution in [0.3, 0.4) is 0 Å². The molecule has 88 valence electrons. The summed E-state index contributed by atoms with van der Waals surface area (Å²) < 4.78 is 0. The number of hydrogen-bond acceptors (Lipinski definition) is 2. The lowest BCUT2D eigenvalue weighted by Gasteiger charge is -2.37. The molecule has 0 saturated heterocycles. The Kier molecular flexibility index (Phi) is 3.68. The highest BCUT2D eigenvalue weighted by Crippen LogP contribution is 2.34. The van der Waals surface area contributed by atoms with Crippen molar-refractivity contribution in [3.05, 3.63) is 0 Å². The molecule has 0 aromatic rings. The second-order valence-electron chi connectivity index (χ2n) is 5.92. The van der Waals surface area contributed by atoms with E-state index in [1.165, 1.54) is 51.5 Å². The number of rotatable bonds is 7. The molecule has 2 rings (SSSR count). The minimum Gasteiger partial charge on any atom is -0.329 e. The molecular weight excluding hydrogens is 184 g/mol. The molecule has 2 saturated carbocycles. The SMILES string of the molecule is CC(CN)(CC1CCC1)NCCC1CC1.